The Hall–Kier alpha value is -14.6. The fourth-order valence-corrected chi connectivity index (χ4v) is 20.9. The van der Waals surface area contributed by atoms with Crippen LogP contribution in [0.2, 0.25) is 0 Å². The second-order valence-electron chi connectivity index (χ2n) is 31.4. The molecular formula is C111H63N. The van der Waals surface area contributed by atoms with Gasteiger partial charge in [-0.05, 0) is 312 Å². The summed E-state index contributed by atoms with van der Waals surface area (Å²) in [6.45, 7) is 2.20. The van der Waals surface area contributed by atoms with E-state index < -0.39 is 0 Å². The fraction of sp³-hybridized carbons (Fsp3) is 0.0180. The summed E-state index contributed by atoms with van der Waals surface area (Å²) in [7, 11) is 0. The first-order chi connectivity index (χ1) is 55.4. The molecule has 0 amide bonds. The van der Waals surface area contributed by atoms with Crippen LogP contribution in [0.5, 0.6) is 0 Å². The van der Waals surface area contributed by atoms with Crippen molar-refractivity contribution in [2.45, 2.75) is 13.3 Å². The van der Waals surface area contributed by atoms with E-state index >= 15 is 0 Å². The molecule has 0 fully saturated rings. The number of aryl methyl sites for hydroxylation is 1. The molecule has 1 aliphatic rings. The summed E-state index contributed by atoms with van der Waals surface area (Å²) in [6, 6.07) is 136. The Labute approximate surface area is 645 Å². The van der Waals surface area contributed by atoms with Crippen molar-refractivity contribution in [1.29, 1.82) is 5.26 Å². The van der Waals surface area contributed by atoms with Crippen molar-refractivity contribution in [2.24, 2.45) is 0 Å². The minimum absolute atomic E-state index is 0.661. The van der Waals surface area contributed by atoms with Crippen LogP contribution in [0.3, 0.4) is 0 Å². The van der Waals surface area contributed by atoms with E-state index in [1.807, 2.05) is 24.3 Å². The van der Waals surface area contributed by atoms with Crippen LogP contribution in [0, 0.1) is 18.3 Å². The first-order valence-electron chi connectivity index (χ1n) is 39.1. The first-order valence-corrected chi connectivity index (χ1v) is 39.1. The van der Waals surface area contributed by atoms with Crippen LogP contribution in [-0.2, 0) is 6.42 Å². The van der Waals surface area contributed by atoms with Gasteiger partial charge in [0.25, 0.3) is 0 Å². The monoisotopic (exact) mass is 1410 g/mol. The molecule has 0 N–H and O–H groups in total. The highest BCUT2D eigenvalue weighted by atomic mass is 14.3. The van der Waals surface area contributed by atoms with Crippen molar-refractivity contribution in [2.75, 3.05) is 0 Å². The molecule has 0 aromatic heterocycles. The summed E-state index contributed by atoms with van der Waals surface area (Å²) in [5.41, 5.74) is 26.7. The highest BCUT2D eigenvalue weighted by molar-refractivity contribution is 6.50. The lowest BCUT2D eigenvalue weighted by atomic mass is 9.83. The van der Waals surface area contributed by atoms with Gasteiger partial charge in [0.05, 0.1) is 11.6 Å². The van der Waals surface area contributed by atoms with Crippen molar-refractivity contribution in [3.05, 3.63) is 374 Å². The zero-order valence-corrected chi connectivity index (χ0v) is 61.1. The number of fused-ring (bicyclic) bond motifs is 18. The Morgan fingerprint density at radius 1 is 0.196 bits per heavy atom. The number of hydrogen-bond donors (Lipinski definition) is 0. The van der Waals surface area contributed by atoms with E-state index in [0.29, 0.717) is 5.56 Å². The molecule has 112 heavy (non-hydrogen) atoms. The van der Waals surface area contributed by atoms with Gasteiger partial charge in [0.1, 0.15) is 0 Å². The lowest BCUT2D eigenvalue weighted by molar-refractivity contribution is 1.20. The molecule has 0 radical (unpaired) electrons. The molecule has 0 bridgehead atoms. The van der Waals surface area contributed by atoms with E-state index in [4.69, 9.17) is 0 Å². The second kappa shape index (κ2) is 23.0. The van der Waals surface area contributed by atoms with Gasteiger partial charge in [-0.3, -0.25) is 0 Å². The van der Waals surface area contributed by atoms with Gasteiger partial charge < -0.3 is 0 Å². The van der Waals surface area contributed by atoms with E-state index in [0.717, 1.165) is 17.5 Å². The molecule has 0 atom stereocenters. The topological polar surface area (TPSA) is 23.8 Å². The zero-order chi connectivity index (χ0) is 73.3. The van der Waals surface area contributed by atoms with Gasteiger partial charge >= 0.3 is 0 Å². The first kappa shape index (κ1) is 61.5. The Morgan fingerprint density at radius 3 is 1.32 bits per heavy atom. The van der Waals surface area contributed by atoms with Crippen LogP contribution in [0.4, 0.5) is 0 Å². The van der Waals surface area contributed by atoms with Gasteiger partial charge in [0.2, 0.25) is 0 Å². The van der Waals surface area contributed by atoms with Crippen molar-refractivity contribution >= 4 is 151 Å². The lowest BCUT2D eigenvalue weighted by Crippen LogP contribution is -1.92. The SMILES string of the molecule is Cc1ccc(-c2c3c(cc4c5ccccc5c5cccc3c54)c(-c3ccc(Cc4ccc5c(c4)c4cc(-c6ccccc6)cc6c(-c7ccccc7)c7c8cccc9c(-c%10ccc%11c(c%10)-c%10cccc%12cccc-%11c%10%12)ccc(c98)c7c5c64)cc3)c3c4cccc5c(-c6ccc(-c7ccc(C#N)cc7)cc6)ccc(c23)c54)cc1. The van der Waals surface area contributed by atoms with E-state index in [-0.39, 0.29) is 0 Å². The summed E-state index contributed by atoms with van der Waals surface area (Å²) in [5.74, 6) is 0. The maximum atomic E-state index is 9.57. The minimum atomic E-state index is 0.661. The van der Waals surface area contributed by atoms with Gasteiger partial charge in [-0.25, -0.2) is 0 Å². The molecule has 24 aromatic rings. The number of nitrogens with zero attached hydrogens (tertiary/aromatic N) is 1. The smallest absolute Gasteiger partial charge is 0.0991 e. The Bertz CT molecular complexity index is 8200. The number of nitriles is 1. The molecule has 1 heteroatoms. The fourth-order valence-electron chi connectivity index (χ4n) is 20.9. The summed E-state index contributed by atoms with van der Waals surface area (Å²) in [5, 5.41) is 45.8. The average Bonchev–Trinajstić information content (AvgIpc) is 1.51. The van der Waals surface area contributed by atoms with Crippen molar-refractivity contribution in [3.63, 3.8) is 0 Å². The predicted molar refractivity (Wildman–Crippen MR) is 477 cm³/mol. The average molecular weight is 1410 g/mol. The van der Waals surface area contributed by atoms with E-state index in [2.05, 4.69) is 341 Å². The number of rotatable bonds is 9. The molecule has 1 aliphatic carbocycles. The number of benzene rings is 20. The lowest BCUT2D eigenvalue weighted by Gasteiger charge is -2.19. The molecule has 24 aromatic carbocycles. The third-order valence-corrected chi connectivity index (χ3v) is 25.7. The van der Waals surface area contributed by atoms with E-state index in [1.165, 1.54) is 257 Å². The molecule has 0 saturated carbocycles. The molecule has 0 unspecified atom stereocenters. The van der Waals surface area contributed by atoms with Crippen molar-refractivity contribution in [1.82, 2.24) is 0 Å². The van der Waals surface area contributed by atoms with E-state index in [1.54, 1.807) is 0 Å². The van der Waals surface area contributed by atoms with Gasteiger partial charge in [0, 0.05) is 0 Å². The highest BCUT2D eigenvalue weighted by Gasteiger charge is 2.31. The third-order valence-electron chi connectivity index (χ3n) is 25.7. The normalized spacial score (nSPS) is 12.4. The van der Waals surface area contributed by atoms with Crippen LogP contribution in [0.1, 0.15) is 22.3 Å². The van der Waals surface area contributed by atoms with Crippen molar-refractivity contribution < 1.29 is 0 Å². The van der Waals surface area contributed by atoms with Crippen LogP contribution in [0.25, 0.3) is 251 Å². The maximum absolute atomic E-state index is 9.57. The largest absolute Gasteiger partial charge is 0.192 e. The number of hydrogen-bond acceptors (Lipinski definition) is 1. The maximum Gasteiger partial charge on any atom is 0.0991 e. The van der Waals surface area contributed by atoms with E-state index in [9.17, 15) is 5.26 Å². The van der Waals surface area contributed by atoms with Gasteiger partial charge in [-0.15, -0.1) is 0 Å². The molecule has 0 saturated heterocycles. The predicted octanol–water partition coefficient (Wildman–Crippen LogP) is 30.7. The van der Waals surface area contributed by atoms with Crippen LogP contribution in [-0.4, -0.2) is 0 Å². The zero-order valence-electron chi connectivity index (χ0n) is 61.1. The molecule has 0 spiro atoms. The molecule has 512 valence electrons. The Kier molecular flexibility index (Phi) is 12.6. The summed E-state index contributed by atoms with van der Waals surface area (Å²) in [4.78, 5) is 0. The molecule has 0 heterocycles. The van der Waals surface area contributed by atoms with Crippen LogP contribution in [0.15, 0.2) is 352 Å². The summed E-state index contributed by atoms with van der Waals surface area (Å²) in [6.07, 6.45) is 0.762. The van der Waals surface area contributed by atoms with Crippen molar-refractivity contribution in [3.8, 4) is 106 Å². The van der Waals surface area contributed by atoms with Crippen LogP contribution >= 0.6 is 0 Å². The van der Waals surface area contributed by atoms with Gasteiger partial charge in [-0.2, -0.15) is 5.26 Å². The third kappa shape index (κ3) is 8.50. The minimum Gasteiger partial charge on any atom is -0.192 e. The Morgan fingerprint density at radius 2 is 0.625 bits per heavy atom. The van der Waals surface area contributed by atoms with Gasteiger partial charge in [0.15, 0.2) is 0 Å². The molecule has 25 rings (SSSR count). The summed E-state index contributed by atoms with van der Waals surface area (Å²) < 4.78 is 0. The quantitative estimate of drug-likeness (QED) is 0.132. The van der Waals surface area contributed by atoms with Gasteiger partial charge in [-0.1, -0.05) is 321 Å². The van der Waals surface area contributed by atoms with Crippen LogP contribution < -0.4 is 0 Å². The molecule has 0 aliphatic heterocycles. The molecular weight excluding hydrogens is 1350 g/mol. The standard InChI is InChI=1S/C111H63N/c1-62-31-38-73(39-32-62)101-105-87-28-14-27-84-78-21-8-9-22-79(78)95(104(84)87)60-97(105)100(108-88-29-12-25-81-76(51-53-90(102(81)88)110(101)108)69-46-44-68(45-47-69)67-40-35-64(61-112)36-41-67)72-42-33-63(34-43-72)55-65-37-49-86-92(56-65)94-58-75(66-15-4-2-5-16-66)59-96-99(71-17-6-3-7-18-71)109-89-30-13-26-82-77(52-54-91(103(82)89)111(109)107(86)106(94)96)74-48-50-80-83-23-10-19-70-20-11-24-85(98(70)83)93(80)57-74/h2-54,56-60H,55H2,1H3. The second-order valence-corrected chi connectivity index (χ2v) is 31.4. The highest BCUT2D eigenvalue weighted by Crippen LogP contribution is 2.59. The summed E-state index contributed by atoms with van der Waals surface area (Å²) >= 11 is 0. The molecule has 1 nitrogen and oxygen atoms in total. The Balaban J connectivity index is 0.689.